The molecule has 2 rings (SSSR count). The molecule has 2 heterocycles. The van der Waals surface area contributed by atoms with Gasteiger partial charge in [-0.25, -0.2) is 0 Å². The van der Waals surface area contributed by atoms with Gasteiger partial charge in [0.15, 0.2) is 5.82 Å². The summed E-state index contributed by atoms with van der Waals surface area (Å²) in [5.41, 5.74) is 7.18. The van der Waals surface area contributed by atoms with E-state index in [2.05, 4.69) is 31.1 Å². The van der Waals surface area contributed by atoms with Gasteiger partial charge in [0.1, 0.15) is 0 Å². The fourth-order valence-corrected chi connectivity index (χ4v) is 1.40. The Morgan fingerprint density at radius 2 is 2.14 bits per heavy atom. The Morgan fingerprint density at radius 3 is 2.64 bits per heavy atom. The summed E-state index contributed by atoms with van der Waals surface area (Å²) in [6, 6.07) is 5.65. The lowest BCUT2D eigenvalue weighted by Gasteiger charge is -1.95. The van der Waals surface area contributed by atoms with Crippen molar-refractivity contribution in [2.45, 2.75) is 0 Å². The minimum atomic E-state index is 0. The van der Waals surface area contributed by atoms with Crippen molar-refractivity contribution in [1.29, 1.82) is 0 Å². The first-order valence-corrected chi connectivity index (χ1v) is 4.49. The molecule has 0 spiro atoms. The zero-order chi connectivity index (χ0) is 9.26. The number of hydrogen-bond acceptors (Lipinski definition) is 3. The van der Waals surface area contributed by atoms with Gasteiger partial charge in [-0.15, -0.1) is 17.0 Å². The molecule has 74 valence electrons. The highest BCUT2D eigenvalue weighted by atomic mass is 79.9. The molecular weight excluding hydrogens is 312 g/mol. The zero-order valence-electron chi connectivity index (χ0n) is 7.07. The largest absolute Gasteiger partial charge is 0.381 e. The van der Waals surface area contributed by atoms with Crippen LogP contribution >= 0.6 is 32.9 Å². The Kier molecular flexibility index (Phi) is 3.65. The van der Waals surface area contributed by atoms with Crippen LogP contribution in [0.3, 0.4) is 0 Å². The average molecular weight is 320 g/mol. The van der Waals surface area contributed by atoms with E-state index in [1.807, 2.05) is 18.2 Å². The summed E-state index contributed by atoms with van der Waals surface area (Å²) in [6.07, 6.45) is 1.72. The fraction of sp³-hybridized carbons (Fsp3) is 0. The number of aromatic nitrogens is 3. The second kappa shape index (κ2) is 4.56. The molecule has 0 atom stereocenters. The van der Waals surface area contributed by atoms with Crippen molar-refractivity contribution in [1.82, 2.24) is 15.2 Å². The van der Waals surface area contributed by atoms with Crippen LogP contribution in [0.4, 0.5) is 5.82 Å². The van der Waals surface area contributed by atoms with Gasteiger partial charge < -0.3 is 5.73 Å². The molecule has 0 saturated carbocycles. The highest BCUT2D eigenvalue weighted by molar-refractivity contribution is 9.10. The maximum atomic E-state index is 5.56. The Labute approximate surface area is 99.8 Å². The van der Waals surface area contributed by atoms with Crippen LogP contribution in [-0.4, -0.2) is 15.2 Å². The number of hydrogen-bond donors (Lipinski definition) is 2. The van der Waals surface area contributed by atoms with Gasteiger partial charge in [0.25, 0.3) is 0 Å². The molecule has 3 N–H and O–H groups in total. The Bertz CT molecular complexity index is 413. The summed E-state index contributed by atoms with van der Waals surface area (Å²) in [6.45, 7) is 0. The summed E-state index contributed by atoms with van der Waals surface area (Å²) < 4.78 is 0.756. The molecule has 0 fully saturated rings. The molecule has 6 heteroatoms. The normalized spacial score (nSPS) is 9.50. The van der Waals surface area contributed by atoms with Crippen LogP contribution in [0.1, 0.15) is 0 Å². The first kappa shape index (κ1) is 11.2. The van der Waals surface area contributed by atoms with Crippen LogP contribution in [0, 0.1) is 0 Å². The fourth-order valence-electron chi connectivity index (χ4n) is 1.02. The average Bonchev–Trinajstić information content (AvgIpc) is 2.49. The molecule has 0 amide bonds. The molecule has 4 nitrogen and oxygen atoms in total. The van der Waals surface area contributed by atoms with Crippen molar-refractivity contribution in [2.75, 3.05) is 5.73 Å². The highest BCUT2D eigenvalue weighted by Crippen LogP contribution is 2.28. The lowest BCUT2D eigenvalue weighted by Crippen LogP contribution is -1.84. The second-order valence-corrected chi connectivity index (χ2v) is 3.31. The summed E-state index contributed by atoms with van der Waals surface area (Å²) in [5, 5.41) is 6.66. The standard InChI is InChI=1S/C8H7BrN4.BrH/c9-6-7(12-13-8(6)10)5-3-1-2-4-11-5;/h1-4H,(H3,10,12,13);1H. The number of nitrogen functional groups attached to an aromatic ring is 1. The number of nitrogens with one attached hydrogen (secondary N) is 1. The van der Waals surface area contributed by atoms with E-state index in [0.717, 1.165) is 15.9 Å². The van der Waals surface area contributed by atoms with Gasteiger partial charge >= 0.3 is 0 Å². The van der Waals surface area contributed by atoms with Crippen molar-refractivity contribution >= 4 is 38.7 Å². The van der Waals surface area contributed by atoms with Gasteiger partial charge in [0.2, 0.25) is 0 Å². The van der Waals surface area contributed by atoms with E-state index in [4.69, 9.17) is 5.73 Å². The van der Waals surface area contributed by atoms with E-state index in [1.54, 1.807) is 6.20 Å². The molecule has 14 heavy (non-hydrogen) atoms. The molecule has 2 aromatic heterocycles. The van der Waals surface area contributed by atoms with E-state index < -0.39 is 0 Å². The third-order valence-corrected chi connectivity index (χ3v) is 2.46. The van der Waals surface area contributed by atoms with E-state index in [-0.39, 0.29) is 17.0 Å². The third-order valence-electron chi connectivity index (χ3n) is 1.65. The van der Waals surface area contributed by atoms with Crippen LogP contribution in [0.5, 0.6) is 0 Å². The van der Waals surface area contributed by atoms with Gasteiger partial charge in [0.05, 0.1) is 15.9 Å². The molecule has 0 radical (unpaired) electrons. The summed E-state index contributed by atoms with van der Waals surface area (Å²) in [7, 11) is 0. The van der Waals surface area contributed by atoms with Gasteiger partial charge in [-0.2, -0.15) is 5.10 Å². The minimum Gasteiger partial charge on any atom is -0.381 e. The van der Waals surface area contributed by atoms with Crippen molar-refractivity contribution < 1.29 is 0 Å². The predicted molar refractivity (Wildman–Crippen MR) is 64.3 cm³/mol. The number of rotatable bonds is 1. The molecular formula is C8H8Br2N4. The summed E-state index contributed by atoms with van der Waals surface area (Å²) in [5.74, 6) is 0.445. The number of pyridine rings is 1. The van der Waals surface area contributed by atoms with Crippen molar-refractivity contribution in [3.05, 3.63) is 28.9 Å². The van der Waals surface area contributed by atoms with Crippen LogP contribution in [0.15, 0.2) is 28.9 Å². The van der Waals surface area contributed by atoms with Crippen molar-refractivity contribution in [3.63, 3.8) is 0 Å². The molecule has 0 bridgehead atoms. The first-order valence-electron chi connectivity index (χ1n) is 3.70. The predicted octanol–water partition coefficient (Wildman–Crippen LogP) is 2.39. The van der Waals surface area contributed by atoms with E-state index >= 15 is 0 Å². The molecule has 0 aromatic carbocycles. The smallest absolute Gasteiger partial charge is 0.160 e. The number of nitrogens with two attached hydrogens (primary N) is 1. The number of H-pyrrole nitrogens is 1. The number of aromatic amines is 1. The SMILES string of the molecule is Br.Nc1n[nH]c(-c2ccccn2)c1Br. The van der Waals surface area contributed by atoms with E-state index in [9.17, 15) is 0 Å². The lowest BCUT2D eigenvalue weighted by molar-refractivity contribution is 1.09. The lowest BCUT2D eigenvalue weighted by atomic mass is 10.3. The van der Waals surface area contributed by atoms with E-state index in [0.29, 0.717) is 5.82 Å². The first-order chi connectivity index (χ1) is 6.29. The highest BCUT2D eigenvalue weighted by Gasteiger charge is 2.09. The van der Waals surface area contributed by atoms with Crippen molar-refractivity contribution in [3.8, 4) is 11.4 Å². The Morgan fingerprint density at radius 1 is 1.36 bits per heavy atom. The minimum absolute atomic E-state index is 0. The van der Waals surface area contributed by atoms with Gasteiger partial charge in [-0.3, -0.25) is 10.1 Å². The Balaban J connectivity index is 0.000000980. The molecule has 0 unspecified atom stereocenters. The van der Waals surface area contributed by atoms with Gasteiger partial charge in [-0.1, -0.05) is 6.07 Å². The number of anilines is 1. The number of halogens is 2. The van der Waals surface area contributed by atoms with Crippen molar-refractivity contribution in [2.24, 2.45) is 0 Å². The maximum Gasteiger partial charge on any atom is 0.160 e. The Hall–Kier alpha value is -0.880. The third kappa shape index (κ3) is 1.96. The molecule has 0 aliphatic rings. The zero-order valence-corrected chi connectivity index (χ0v) is 10.4. The quantitative estimate of drug-likeness (QED) is 0.848. The molecule has 0 aliphatic carbocycles. The monoisotopic (exact) mass is 318 g/mol. The van der Waals surface area contributed by atoms with Crippen LogP contribution in [0.2, 0.25) is 0 Å². The van der Waals surface area contributed by atoms with Gasteiger partial charge in [-0.05, 0) is 28.1 Å². The summed E-state index contributed by atoms with van der Waals surface area (Å²) in [4.78, 5) is 4.17. The molecule has 0 saturated heterocycles. The van der Waals surface area contributed by atoms with Gasteiger partial charge in [0, 0.05) is 6.20 Å². The van der Waals surface area contributed by atoms with Crippen LogP contribution < -0.4 is 5.73 Å². The van der Waals surface area contributed by atoms with Crippen LogP contribution in [0.25, 0.3) is 11.4 Å². The second-order valence-electron chi connectivity index (χ2n) is 2.51. The maximum absolute atomic E-state index is 5.56. The summed E-state index contributed by atoms with van der Waals surface area (Å²) >= 11 is 3.33. The molecule has 2 aromatic rings. The molecule has 0 aliphatic heterocycles. The van der Waals surface area contributed by atoms with Crippen LogP contribution in [-0.2, 0) is 0 Å². The topological polar surface area (TPSA) is 67.6 Å². The number of nitrogens with zero attached hydrogens (tertiary/aromatic N) is 2. The van der Waals surface area contributed by atoms with E-state index in [1.165, 1.54) is 0 Å².